The van der Waals surface area contributed by atoms with E-state index in [1.807, 2.05) is 30.3 Å². The lowest BCUT2D eigenvalue weighted by Crippen LogP contribution is -2.07. The zero-order valence-corrected chi connectivity index (χ0v) is 10.3. The molecule has 0 amide bonds. The molecule has 1 atom stereocenters. The maximum atomic E-state index is 10.6. The Morgan fingerprint density at radius 1 is 1.32 bits per heavy atom. The molecule has 0 radical (unpaired) electrons. The van der Waals surface area contributed by atoms with Gasteiger partial charge < -0.3 is 14.8 Å². The molecule has 1 unspecified atom stereocenters. The number of nitrogens with zero attached hydrogens (tertiary/aromatic N) is 1. The summed E-state index contributed by atoms with van der Waals surface area (Å²) in [6.45, 7) is 1.67. The van der Waals surface area contributed by atoms with Crippen molar-refractivity contribution in [1.29, 1.82) is 0 Å². The Labute approximate surface area is 108 Å². The Morgan fingerprint density at radius 3 is 2.89 bits per heavy atom. The van der Waals surface area contributed by atoms with Crippen molar-refractivity contribution in [3.8, 4) is 0 Å². The predicted octanol–water partition coefficient (Wildman–Crippen LogP) is 3.47. The van der Waals surface area contributed by atoms with Gasteiger partial charge in [0.1, 0.15) is 11.8 Å². The largest absolute Gasteiger partial charge is 0.506 e. The summed E-state index contributed by atoms with van der Waals surface area (Å²) in [5.74, 6) is 0. The van der Waals surface area contributed by atoms with Crippen molar-refractivity contribution in [2.24, 2.45) is 0 Å². The van der Waals surface area contributed by atoms with E-state index in [2.05, 4.69) is 9.97 Å². The zero-order valence-electron chi connectivity index (χ0n) is 10.3. The maximum absolute atomic E-state index is 10.6. The SMILES string of the molecule is CC(OC(=O)O)c1nccc2c1[nH]c1ccccc12. The van der Waals surface area contributed by atoms with Gasteiger partial charge in [0.25, 0.3) is 0 Å². The minimum Gasteiger partial charge on any atom is -0.450 e. The molecule has 0 saturated carbocycles. The van der Waals surface area contributed by atoms with Gasteiger partial charge in [0.15, 0.2) is 0 Å². The van der Waals surface area contributed by atoms with Crippen LogP contribution in [0.2, 0.25) is 0 Å². The van der Waals surface area contributed by atoms with E-state index >= 15 is 0 Å². The molecule has 5 heteroatoms. The van der Waals surface area contributed by atoms with Gasteiger partial charge in [0, 0.05) is 22.5 Å². The predicted molar refractivity (Wildman–Crippen MR) is 71.1 cm³/mol. The van der Waals surface area contributed by atoms with Crippen LogP contribution in [0, 0.1) is 0 Å². The first kappa shape index (κ1) is 11.5. The fourth-order valence-electron chi connectivity index (χ4n) is 2.31. The number of para-hydroxylation sites is 1. The van der Waals surface area contributed by atoms with Crippen LogP contribution >= 0.6 is 0 Å². The van der Waals surface area contributed by atoms with Crippen LogP contribution in [0.1, 0.15) is 18.7 Å². The molecule has 3 aromatic rings. The van der Waals surface area contributed by atoms with Gasteiger partial charge in [-0.2, -0.15) is 0 Å². The van der Waals surface area contributed by atoms with Gasteiger partial charge in [0.05, 0.1) is 5.52 Å². The third kappa shape index (κ3) is 1.89. The van der Waals surface area contributed by atoms with Gasteiger partial charge in [-0.1, -0.05) is 18.2 Å². The third-order valence-corrected chi connectivity index (χ3v) is 3.12. The molecule has 96 valence electrons. The van der Waals surface area contributed by atoms with Crippen molar-refractivity contribution < 1.29 is 14.6 Å². The van der Waals surface area contributed by atoms with Crippen molar-refractivity contribution in [2.45, 2.75) is 13.0 Å². The topological polar surface area (TPSA) is 75.2 Å². The third-order valence-electron chi connectivity index (χ3n) is 3.12. The average molecular weight is 256 g/mol. The lowest BCUT2D eigenvalue weighted by Gasteiger charge is -2.10. The summed E-state index contributed by atoms with van der Waals surface area (Å²) in [6.07, 6.45) is -0.253. The number of pyridine rings is 1. The van der Waals surface area contributed by atoms with Crippen molar-refractivity contribution in [3.63, 3.8) is 0 Å². The number of nitrogens with one attached hydrogen (secondary N) is 1. The van der Waals surface area contributed by atoms with Crippen LogP contribution in [-0.4, -0.2) is 21.2 Å². The molecule has 0 aliphatic heterocycles. The fraction of sp³-hybridized carbons (Fsp3) is 0.143. The zero-order chi connectivity index (χ0) is 13.4. The highest BCUT2D eigenvalue weighted by Gasteiger charge is 2.17. The van der Waals surface area contributed by atoms with Crippen LogP contribution in [0.15, 0.2) is 36.5 Å². The number of aromatic nitrogens is 2. The first-order valence-electron chi connectivity index (χ1n) is 5.91. The Balaban J connectivity index is 2.23. The Hall–Kier alpha value is -2.56. The summed E-state index contributed by atoms with van der Waals surface area (Å²) in [5.41, 5.74) is 2.41. The molecule has 2 heterocycles. The number of fused-ring (bicyclic) bond motifs is 3. The summed E-state index contributed by atoms with van der Waals surface area (Å²) >= 11 is 0. The van der Waals surface area contributed by atoms with Crippen molar-refractivity contribution in [3.05, 3.63) is 42.2 Å². The molecule has 0 saturated heterocycles. The number of hydrogen-bond donors (Lipinski definition) is 2. The Morgan fingerprint density at radius 2 is 2.11 bits per heavy atom. The molecule has 0 fully saturated rings. The van der Waals surface area contributed by atoms with Crippen LogP contribution in [0.5, 0.6) is 0 Å². The highest BCUT2D eigenvalue weighted by molar-refractivity contribution is 6.07. The molecule has 2 N–H and O–H groups in total. The number of ether oxygens (including phenoxy) is 1. The van der Waals surface area contributed by atoms with Gasteiger partial charge >= 0.3 is 6.16 Å². The number of H-pyrrole nitrogens is 1. The number of rotatable bonds is 2. The molecule has 1 aromatic carbocycles. The number of benzene rings is 1. The average Bonchev–Trinajstić information content (AvgIpc) is 2.76. The minimum absolute atomic E-state index is 0.594. The van der Waals surface area contributed by atoms with Crippen LogP contribution < -0.4 is 0 Å². The molecule has 3 rings (SSSR count). The smallest absolute Gasteiger partial charge is 0.450 e. The molecule has 0 aliphatic carbocycles. The van der Waals surface area contributed by atoms with Crippen LogP contribution in [0.25, 0.3) is 21.8 Å². The molecule has 0 aliphatic rings. The van der Waals surface area contributed by atoms with E-state index in [-0.39, 0.29) is 0 Å². The molecular weight excluding hydrogens is 244 g/mol. The van der Waals surface area contributed by atoms with E-state index in [1.165, 1.54) is 0 Å². The van der Waals surface area contributed by atoms with Crippen molar-refractivity contribution in [1.82, 2.24) is 9.97 Å². The highest BCUT2D eigenvalue weighted by atomic mass is 16.7. The van der Waals surface area contributed by atoms with E-state index in [9.17, 15) is 4.79 Å². The normalized spacial score (nSPS) is 12.7. The second-order valence-corrected chi connectivity index (χ2v) is 4.32. The number of carbonyl (C=O) groups is 1. The molecule has 0 bridgehead atoms. The number of hydrogen-bond acceptors (Lipinski definition) is 3. The Bertz CT molecular complexity index is 764. The molecule has 0 spiro atoms. The van der Waals surface area contributed by atoms with Gasteiger partial charge in [-0.25, -0.2) is 4.79 Å². The van der Waals surface area contributed by atoms with E-state index in [0.29, 0.717) is 5.69 Å². The summed E-state index contributed by atoms with van der Waals surface area (Å²) in [6, 6.07) is 9.81. The molecule has 19 heavy (non-hydrogen) atoms. The summed E-state index contributed by atoms with van der Waals surface area (Å²) < 4.78 is 4.77. The summed E-state index contributed by atoms with van der Waals surface area (Å²) in [7, 11) is 0. The lowest BCUT2D eigenvalue weighted by molar-refractivity contribution is 0.0576. The first-order chi connectivity index (χ1) is 9.16. The standard InChI is InChI=1S/C14H12N2O3/c1-8(19-14(17)18)12-13-10(6-7-15-12)9-4-2-3-5-11(9)16-13/h2-8,16H,1H3,(H,17,18). The van der Waals surface area contributed by atoms with E-state index in [1.54, 1.807) is 13.1 Å². The van der Waals surface area contributed by atoms with Crippen LogP contribution in [-0.2, 0) is 4.74 Å². The summed E-state index contributed by atoms with van der Waals surface area (Å²) in [4.78, 5) is 18.1. The number of carboxylic acid groups (broad SMARTS) is 1. The minimum atomic E-state index is -1.30. The molecular formula is C14H12N2O3. The fourth-order valence-corrected chi connectivity index (χ4v) is 2.31. The summed E-state index contributed by atoms with van der Waals surface area (Å²) in [5, 5.41) is 10.8. The van der Waals surface area contributed by atoms with E-state index in [0.717, 1.165) is 21.8 Å². The van der Waals surface area contributed by atoms with Crippen LogP contribution in [0.3, 0.4) is 0 Å². The maximum Gasteiger partial charge on any atom is 0.506 e. The van der Waals surface area contributed by atoms with E-state index < -0.39 is 12.3 Å². The second-order valence-electron chi connectivity index (χ2n) is 4.32. The Kier molecular flexibility index (Phi) is 2.59. The van der Waals surface area contributed by atoms with Crippen LogP contribution in [0.4, 0.5) is 4.79 Å². The van der Waals surface area contributed by atoms with Gasteiger partial charge in [-0.3, -0.25) is 4.98 Å². The van der Waals surface area contributed by atoms with Crippen molar-refractivity contribution >= 4 is 28.0 Å². The second kappa shape index (κ2) is 4.28. The van der Waals surface area contributed by atoms with Gasteiger partial charge in [-0.05, 0) is 19.1 Å². The number of aromatic amines is 1. The van der Waals surface area contributed by atoms with E-state index in [4.69, 9.17) is 9.84 Å². The van der Waals surface area contributed by atoms with Gasteiger partial charge in [-0.15, -0.1) is 0 Å². The highest BCUT2D eigenvalue weighted by Crippen LogP contribution is 2.29. The van der Waals surface area contributed by atoms with Gasteiger partial charge in [0.2, 0.25) is 0 Å². The lowest BCUT2D eigenvalue weighted by atomic mass is 10.1. The molecule has 2 aromatic heterocycles. The monoisotopic (exact) mass is 256 g/mol. The molecule has 5 nitrogen and oxygen atoms in total. The first-order valence-corrected chi connectivity index (χ1v) is 5.91. The quantitative estimate of drug-likeness (QED) is 0.688. The van der Waals surface area contributed by atoms with Crippen molar-refractivity contribution in [2.75, 3.05) is 0 Å².